The van der Waals surface area contributed by atoms with Crippen molar-refractivity contribution in [2.45, 2.75) is 103 Å². The van der Waals surface area contributed by atoms with E-state index in [0.29, 0.717) is 52.2 Å². The Labute approximate surface area is 261 Å². The van der Waals surface area contributed by atoms with E-state index >= 15 is 0 Å². The minimum atomic E-state index is -3.53. The molecule has 0 unspecified atom stereocenters. The van der Waals surface area contributed by atoms with Crippen LogP contribution in [0.1, 0.15) is 90.0 Å². The molecule has 1 aliphatic carbocycles. The zero-order valence-corrected chi connectivity index (χ0v) is 27.0. The lowest BCUT2D eigenvalue weighted by atomic mass is 9.91. The predicted octanol–water partition coefficient (Wildman–Crippen LogP) is 6.10. The van der Waals surface area contributed by atoms with Crippen LogP contribution in [0.2, 0.25) is 0 Å². The van der Waals surface area contributed by atoms with Crippen LogP contribution < -0.4 is 16.0 Å². The Balaban J connectivity index is 1.40. The summed E-state index contributed by atoms with van der Waals surface area (Å²) in [6, 6.07) is 13.5. The molecule has 2 aromatic carbocycles. The summed E-state index contributed by atoms with van der Waals surface area (Å²) in [6.45, 7) is 6.20. The molecular weight excluding hydrogens is 572 g/mol. The molecule has 0 radical (unpaired) electrons. The van der Waals surface area contributed by atoms with E-state index in [9.17, 15) is 13.2 Å². The number of nitrogens with one attached hydrogen (secondary N) is 2. The van der Waals surface area contributed by atoms with Gasteiger partial charge in [-0.15, -0.1) is 0 Å². The number of anilines is 1. The third-order valence-electron chi connectivity index (χ3n) is 9.52. The van der Waals surface area contributed by atoms with Crippen molar-refractivity contribution in [3.05, 3.63) is 58.4 Å². The van der Waals surface area contributed by atoms with Gasteiger partial charge >= 0.3 is 0 Å². The Kier molecular flexibility index (Phi) is 10.4. The van der Waals surface area contributed by atoms with Crippen LogP contribution in [0.25, 0.3) is 22.3 Å². The smallest absolute Gasteiger partial charge is 0.277 e. The summed E-state index contributed by atoms with van der Waals surface area (Å²) in [6.07, 6.45) is 11.9. The summed E-state index contributed by atoms with van der Waals surface area (Å²) in [5.74, 6) is 0.233. The Morgan fingerprint density at radius 1 is 0.955 bits per heavy atom. The van der Waals surface area contributed by atoms with Gasteiger partial charge in [0.1, 0.15) is 11.5 Å². The maximum Gasteiger partial charge on any atom is 0.277 e. The van der Waals surface area contributed by atoms with E-state index in [2.05, 4.69) is 23.5 Å². The lowest BCUT2D eigenvalue weighted by Gasteiger charge is -2.39. The number of nitrogen functional groups attached to an aromatic ring is 1. The van der Waals surface area contributed by atoms with Crippen molar-refractivity contribution in [2.75, 3.05) is 17.0 Å². The highest BCUT2D eigenvalue weighted by Gasteiger charge is 2.24. The van der Waals surface area contributed by atoms with Crippen molar-refractivity contribution >= 4 is 32.6 Å². The van der Waals surface area contributed by atoms with Crippen molar-refractivity contribution in [1.82, 2.24) is 14.5 Å². The highest BCUT2D eigenvalue weighted by Crippen LogP contribution is 2.27. The number of sulfonamides is 1. The molecule has 238 valence electrons. The molecule has 1 aromatic heterocycles. The van der Waals surface area contributed by atoms with Crippen molar-refractivity contribution in [2.24, 2.45) is 11.7 Å². The monoisotopic (exact) mass is 620 g/mol. The van der Waals surface area contributed by atoms with Gasteiger partial charge in [-0.2, -0.15) is 0 Å². The van der Waals surface area contributed by atoms with E-state index in [0.717, 1.165) is 51.5 Å². The Morgan fingerprint density at radius 2 is 1.68 bits per heavy atom. The molecule has 1 aliphatic heterocycles. The lowest BCUT2D eigenvalue weighted by molar-refractivity contribution is 0.101. The van der Waals surface area contributed by atoms with Gasteiger partial charge in [0.15, 0.2) is 0 Å². The van der Waals surface area contributed by atoms with Crippen molar-refractivity contribution < 1.29 is 8.42 Å². The van der Waals surface area contributed by atoms with Gasteiger partial charge in [-0.25, -0.2) is 13.4 Å². The first-order chi connectivity index (χ1) is 21.1. The summed E-state index contributed by atoms with van der Waals surface area (Å²) in [4.78, 5) is 21.3. The largest absolute Gasteiger partial charge is 0.384 e. The first-order valence-electron chi connectivity index (χ1n) is 16.4. The fraction of sp³-hybridized carbons (Fsp3) is 0.559. The molecule has 0 amide bonds. The molecule has 44 heavy (non-hydrogen) atoms. The zero-order valence-electron chi connectivity index (χ0n) is 26.2. The number of nitrogens with two attached hydrogens (primary N) is 1. The van der Waals surface area contributed by atoms with Crippen LogP contribution >= 0.6 is 0 Å². The van der Waals surface area contributed by atoms with Crippen molar-refractivity contribution in [1.29, 1.82) is 5.41 Å². The molecule has 0 spiro atoms. The van der Waals surface area contributed by atoms with Gasteiger partial charge in [0.25, 0.3) is 5.56 Å². The number of rotatable bonds is 12. The molecule has 9 nitrogen and oxygen atoms in total. The van der Waals surface area contributed by atoms with Gasteiger partial charge in [0, 0.05) is 29.8 Å². The molecule has 2 aliphatic rings. The van der Waals surface area contributed by atoms with Gasteiger partial charge in [0.05, 0.1) is 22.5 Å². The normalized spacial score (nSPS) is 20.1. The van der Waals surface area contributed by atoms with Crippen LogP contribution in [-0.2, 0) is 16.6 Å². The molecule has 5 rings (SSSR count). The van der Waals surface area contributed by atoms with E-state index < -0.39 is 10.0 Å². The van der Waals surface area contributed by atoms with Crippen LogP contribution in [-0.4, -0.2) is 53.1 Å². The van der Waals surface area contributed by atoms with Crippen LogP contribution in [0.15, 0.2) is 47.3 Å². The summed E-state index contributed by atoms with van der Waals surface area (Å²) < 4.78 is 30.7. The number of aromatic nitrogens is 2. The first kappa shape index (κ1) is 32.2. The fourth-order valence-electron chi connectivity index (χ4n) is 7.09. The molecule has 10 heteroatoms. The highest BCUT2D eigenvalue weighted by molar-refractivity contribution is 7.92. The Hall–Kier alpha value is -3.24. The van der Waals surface area contributed by atoms with E-state index in [4.69, 9.17) is 16.1 Å². The average Bonchev–Trinajstić information content (AvgIpc) is 2.99. The molecule has 2 atom stereocenters. The summed E-state index contributed by atoms with van der Waals surface area (Å²) in [7, 11) is -3.53. The second-order valence-corrected chi connectivity index (χ2v) is 14.7. The number of amidine groups is 1. The van der Waals surface area contributed by atoms with Crippen LogP contribution in [0.5, 0.6) is 0 Å². The third-order valence-corrected chi connectivity index (χ3v) is 11.0. The minimum absolute atomic E-state index is 0.0736. The van der Waals surface area contributed by atoms with Crippen molar-refractivity contribution in [3.63, 3.8) is 0 Å². The van der Waals surface area contributed by atoms with Crippen LogP contribution in [0.4, 0.5) is 5.69 Å². The van der Waals surface area contributed by atoms with E-state index in [1.165, 1.54) is 25.7 Å². The SMILES string of the molecule is C[C@@H]1CCC[C@H](C)N1CCCCCn1c(=O)c(-c2cccc(C(=N)N)c2)nc2ccc(NS(=O)(=O)CC3CCCCC3)cc21. The molecule has 1 saturated heterocycles. The molecule has 0 bridgehead atoms. The van der Waals surface area contributed by atoms with E-state index in [-0.39, 0.29) is 23.1 Å². The number of unbranched alkanes of at least 4 members (excludes halogenated alkanes) is 2. The van der Waals surface area contributed by atoms with Crippen molar-refractivity contribution in [3.8, 4) is 11.3 Å². The summed E-state index contributed by atoms with van der Waals surface area (Å²) in [5, 5.41) is 7.84. The number of hydrogen-bond acceptors (Lipinski definition) is 6. The summed E-state index contributed by atoms with van der Waals surface area (Å²) in [5.41, 5.74) is 8.58. The topological polar surface area (TPSA) is 134 Å². The maximum atomic E-state index is 14.0. The lowest BCUT2D eigenvalue weighted by Crippen LogP contribution is -2.44. The van der Waals surface area contributed by atoms with Gasteiger partial charge in [-0.1, -0.05) is 50.3 Å². The van der Waals surface area contributed by atoms with E-state index in [1.54, 1.807) is 47.0 Å². The number of likely N-dealkylation sites (tertiary alicyclic amines) is 1. The van der Waals surface area contributed by atoms with E-state index in [1.807, 2.05) is 0 Å². The number of benzene rings is 2. The van der Waals surface area contributed by atoms with Gasteiger partial charge in [-0.05, 0) is 89.1 Å². The van der Waals surface area contributed by atoms with Crippen LogP contribution in [0.3, 0.4) is 0 Å². The molecule has 2 heterocycles. The van der Waals surface area contributed by atoms with Gasteiger partial charge in [-0.3, -0.25) is 19.8 Å². The van der Waals surface area contributed by atoms with Crippen LogP contribution in [0, 0.1) is 11.3 Å². The molecule has 4 N–H and O–H groups in total. The number of hydrogen-bond donors (Lipinski definition) is 3. The fourth-order valence-corrected chi connectivity index (χ4v) is 8.61. The third kappa shape index (κ3) is 7.88. The summed E-state index contributed by atoms with van der Waals surface area (Å²) >= 11 is 0. The first-order valence-corrected chi connectivity index (χ1v) is 18.0. The zero-order chi connectivity index (χ0) is 31.3. The number of aryl methyl sites for hydroxylation is 1. The van der Waals surface area contributed by atoms with Gasteiger partial charge in [0.2, 0.25) is 10.0 Å². The molecule has 3 aromatic rings. The molecule has 1 saturated carbocycles. The minimum Gasteiger partial charge on any atom is -0.384 e. The molecule has 2 fully saturated rings. The maximum absolute atomic E-state index is 14.0. The van der Waals surface area contributed by atoms with Gasteiger partial charge < -0.3 is 10.3 Å². The number of nitrogens with zero attached hydrogens (tertiary/aromatic N) is 3. The Bertz CT molecular complexity index is 1620. The second kappa shape index (κ2) is 14.2. The standard InChI is InChI=1S/C34H48N6O3S/c1-24-11-9-12-25(2)39(24)19-7-4-8-20-40-31-22-29(38-44(42,43)23-26-13-5-3-6-14-26)17-18-30(31)37-32(34(40)41)27-15-10-16-28(21-27)33(35)36/h10,15-18,21-22,24-26,38H,3-9,11-14,19-20,23H2,1-2H3,(H3,35,36)/t24-,25+. The highest BCUT2D eigenvalue weighted by atomic mass is 32.2. The quantitative estimate of drug-likeness (QED) is 0.127. The second-order valence-electron chi connectivity index (χ2n) is 12.9. The predicted molar refractivity (Wildman–Crippen MR) is 180 cm³/mol. The molecular formula is C34H48N6O3S. The number of fused-ring (bicyclic) bond motifs is 1. The average molecular weight is 621 g/mol. The number of piperidine rings is 1. The Morgan fingerprint density at radius 3 is 2.41 bits per heavy atom.